The first-order chi connectivity index (χ1) is 8.33. The summed E-state index contributed by atoms with van der Waals surface area (Å²) in [5, 5.41) is 0. The number of rotatable bonds is 6. The molecule has 0 bridgehead atoms. The summed E-state index contributed by atoms with van der Waals surface area (Å²) in [6.07, 6.45) is 5.17. The van der Waals surface area contributed by atoms with Gasteiger partial charge in [-0.15, -0.1) is 0 Å². The Balaban J connectivity index is 1.66. The first-order valence-electron chi connectivity index (χ1n) is 7.29. The van der Waals surface area contributed by atoms with E-state index in [0.717, 1.165) is 38.0 Å². The molecule has 0 N–H and O–H groups in total. The molecule has 3 heteroatoms. The smallest absolute Gasteiger partial charge is 0.159 e. The third-order valence-corrected chi connectivity index (χ3v) is 4.40. The molecule has 2 aliphatic rings. The van der Waals surface area contributed by atoms with Gasteiger partial charge in [0.2, 0.25) is 0 Å². The Morgan fingerprint density at radius 3 is 2.53 bits per heavy atom. The standard InChI is InChI=1S/C14H27NO2/c1-3-12(4-2)13-5-7-15(11-13)8-6-14-16-9-10-17-14/h12-14H,3-11H2,1-2H3/t13-/m0/s1. The molecule has 3 nitrogen and oxygen atoms in total. The van der Waals surface area contributed by atoms with Crippen LogP contribution in [-0.2, 0) is 9.47 Å². The van der Waals surface area contributed by atoms with Gasteiger partial charge >= 0.3 is 0 Å². The zero-order chi connectivity index (χ0) is 12.1. The highest BCUT2D eigenvalue weighted by Gasteiger charge is 2.28. The van der Waals surface area contributed by atoms with Crippen molar-refractivity contribution in [2.75, 3.05) is 32.8 Å². The van der Waals surface area contributed by atoms with Crippen LogP contribution in [0.1, 0.15) is 39.5 Å². The zero-order valence-electron chi connectivity index (χ0n) is 11.4. The summed E-state index contributed by atoms with van der Waals surface area (Å²) in [5.41, 5.74) is 0. The lowest BCUT2D eigenvalue weighted by molar-refractivity contribution is -0.0508. The van der Waals surface area contributed by atoms with Crippen molar-refractivity contribution in [1.29, 1.82) is 0 Å². The number of ether oxygens (including phenoxy) is 2. The molecule has 0 aliphatic carbocycles. The van der Waals surface area contributed by atoms with Gasteiger partial charge in [0.15, 0.2) is 6.29 Å². The van der Waals surface area contributed by atoms with E-state index in [9.17, 15) is 0 Å². The van der Waals surface area contributed by atoms with E-state index in [1.165, 1.54) is 32.4 Å². The van der Waals surface area contributed by atoms with Crippen LogP contribution in [0.2, 0.25) is 0 Å². The summed E-state index contributed by atoms with van der Waals surface area (Å²) in [7, 11) is 0. The van der Waals surface area contributed by atoms with Crippen molar-refractivity contribution in [3.8, 4) is 0 Å². The van der Waals surface area contributed by atoms with Gasteiger partial charge in [-0.3, -0.25) is 0 Å². The topological polar surface area (TPSA) is 21.7 Å². The van der Waals surface area contributed by atoms with Crippen molar-refractivity contribution in [2.24, 2.45) is 11.8 Å². The van der Waals surface area contributed by atoms with Crippen molar-refractivity contribution in [3.05, 3.63) is 0 Å². The molecule has 1 atom stereocenters. The van der Waals surface area contributed by atoms with Gasteiger partial charge in [0.05, 0.1) is 13.2 Å². The molecule has 2 rings (SSSR count). The summed E-state index contributed by atoms with van der Waals surface area (Å²) in [4.78, 5) is 2.59. The van der Waals surface area contributed by atoms with Crippen LogP contribution in [0.5, 0.6) is 0 Å². The van der Waals surface area contributed by atoms with Crippen LogP contribution in [0, 0.1) is 11.8 Å². The minimum absolute atomic E-state index is 0.0715. The highest BCUT2D eigenvalue weighted by molar-refractivity contribution is 4.80. The van der Waals surface area contributed by atoms with E-state index >= 15 is 0 Å². The maximum atomic E-state index is 5.48. The summed E-state index contributed by atoms with van der Waals surface area (Å²) in [6, 6.07) is 0. The molecule has 0 spiro atoms. The number of nitrogens with zero attached hydrogens (tertiary/aromatic N) is 1. The van der Waals surface area contributed by atoms with E-state index in [2.05, 4.69) is 18.7 Å². The van der Waals surface area contributed by atoms with Crippen molar-refractivity contribution >= 4 is 0 Å². The molecule has 0 unspecified atom stereocenters. The second-order valence-electron chi connectivity index (χ2n) is 5.39. The summed E-state index contributed by atoms with van der Waals surface area (Å²) in [5.74, 6) is 1.86. The molecule has 0 aromatic rings. The Morgan fingerprint density at radius 1 is 1.18 bits per heavy atom. The highest BCUT2D eigenvalue weighted by atomic mass is 16.7. The SMILES string of the molecule is CCC(CC)[C@H]1CCN(CCC2OCCO2)C1. The summed E-state index contributed by atoms with van der Waals surface area (Å²) in [6.45, 7) is 9.92. The van der Waals surface area contributed by atoms with E-state index in [4.69, 9.17) is 9.47 Å². The van der Waals surface area contributed by atoms with Crippen molar-refractivity contribution in [3.63, 3.8) is 0 Å². The first kappa shape index (κ1) is 13.3. The molecule has 0 aromatic carbocycles. The lowest BCUT2D eigenvalue weighted by Crippen LogP contribution is -2.27. The van der Waals surface area contributed by atoms with Gasteiger partial charge in [-0.25, -0.2) is 0 Å². The summed E-state index contributed by atoms with van der Waals surface area (Å²) < 4.78 is 11.0. The molecule has 17 heavy (non-hydrogen) atoms. The van der Waals surface area contributed by atoms with Crippen LogP contribution in [0.3, 0.4) is 0 Å². The van der Waals surface area contributed by atoms with Crippen LogP contribution in [-0.4, -0.2) is 44.0 Å². The molecule has 2 saturated heterocycles. The Labute approximate surface area is 105 Å². The normalized spacial score (nSPS) is 27.4. The molecular formula is C14H27NO2. The van der Waals surface area contributed by atoms with Crippen LogP contribution in [0.4, 0.5) is 0 Å². The first-order valence-corrected chi connectivity index (χ1v) is 7.29. The predicted molar refractivity (Wildman–Crippen MR) is 68.9 cm³/mol. The Kier molecular flexibility index (Phi) is 5.26. The molecule has 0 amide bonds. The average Bonchev–Trinajstić information content (AvgIpc) is 2.99. The van der Waals surface area contributed by atoms with Gasteiger partial charge in [-0.2, -0.15) is 0 Å². The van der Waals surface area contributed by atoms with Crippen LogP contribution in [0.25, 0.3) is 0 Å². The molecular weight excluding hydrogens is 214 g/mol. The minimum atomic E-state index is 0.0715. The predicted octanol–water partition coefficient (Wildman–Crippen LogP) is 2.51. The van der Waals surface area contributed by atoms with Gasteiger partial charge in [-0.1, -0.05) is 26.7 Å². The van der Waals surface area contributed by atoms with E-state index < -0.39 is 0 Å². The van der Waals surface area contributed by atoms with Crippen LogP contribution < -0.4 is 0 Å². The van der Waals surface area contributed by atoms with Gasteiger partial charge in [0, 0.05) is 19.5 Å². The number of likely N-dealkylation sites (tertiary alicyclic amines) is 1. The zero-order valence-corrected chi connectivity index (χ0v) is 11.4. The minimum Gasteiger partial charge on any atom is -0.350 e. The van der Waals surface area contributed by atoms with Crippen molar-refractivity contribution in [1.82, 2.24) is 4.90 Å². The Bertz CT molecular complexity index is 212. The van der Waals surface area contributed by atoms with Crippen LogP contribution in [0.15, 0.2) is 0 Å². The molecule has 0 saturated carbocycles. The molecule has 2 aliphatic heterocycles. The second kappa shape index (κ2) is 6.72. The molecule has 0 aromatic heterocycles. The van der Waals surface area contributed by atoms with E-state index in [0.29, 0.717) is 0 Å². The van der Waals surface area contributed by atoms with Gasteiger partial charge < -0.3 is 14.4 Å². The number of hydrogen-bond acceptors (Lipinski definition) is 3. The lowest BCUT2D eigenvalue weighted by atomic mass is 9.87. The fourth-order valence-corrected chi connectivity index (χ4v) is 3.27. The van der Waals surface area contributed by atoms with Crippen molar-refractivity contribution in [2.45, 2.75) is 45.8 Å². The van der Waals surface area contributed by atoms with E-state index in [1.807, 2.05) is 0 Å². The highest BCUT2D eigenvalue weighted by Crippen LogP contribution is 2.28. The van der Waals surface area contributed by atoms with E-state index in [-0.39, 0.29) is 6.29 Å². The van der Waals surface area contributed by atoms with Gasteiger partial charge in [0.1, 0.15) is 0 Å². The quantitative estimate of drug-likeness (QED) is 0.713. The third-order valence-electron chi connectivity index (χ3n) is 4.40. The monoisotopic (exact) mass is 241 g/mol. The Morgan fingerprint density at radius 2 is 1.88 bits per heavy atom. The van der Waals surface area contributed by atoms with Crippen LogP contribution >= 0.6 is 0 Å². The average molecular weight is 241 g/mol. The van der Waals surface area contributed by atoms with Gasteiger partial charge in [0.25, 0.3) is 0 Å². The maximum Gasteiger partial charge on any atom is 0.159 e. The summed E-state index contributed by atoms with van der Waals surface area (Å²) >= 11 is 0. The molecule has 0 radical (unpaired) electrons. The molecule has 100 valence electrons. The fourth-order valence-electron chi connectivity index (χ4n) is 3.27. The maximum absolute atomic E-state index is 5.48. The molecule has 2 heterocycles. The lowest BCUT2D eigenvalue weighted by Gasteiger charge is -2.22. The Hall–Kier alpha value is -0.120. The molecule has 2 fully saturated rings. The second-order valence-corrected chi connectivity index (χ2v) is 5.39. The number of hydrogen-bond donors (Lipinski definition) is 0. The fraction of sp³-hybridized carbons (Fsp3) is 1.00. The third kappa shape index (κ3) is 3.67. The van der Waals surface area contributed by atoms with Gasteiger partial charge in [-0.05, 0) is 24.8 Å². The van der Waals surface area contributed by atoms with Crippen molar-refractivity contribution < 1.29 is 9.47 Å². The largest absolute Gasteiger partial charge is 0.350 e. The van der Waals surface area contributed by atoms with E-state index in [1.54, 1.807) is 0 Å².